The second-order valence-electron chi connectivity index (χ2n) is 8.84. The van der Waals surface area contributed by atoms with Crippen LogP contribution < -0.4 is 0 Å². The maximum Gasteiger partial charge on any atom is 0.325 e. The number of esters is 1. The first-order valence-electron chi connectivity index (χ1n) is 9.38. The average Bonchev–Trinajstić information content (AvgIpc) is 2.79. The number of ether oxygens (including phenoxy) is 1. The number of carbonyl (C=O) groups excluding carboxylic acids is 3. The van der Waals surface area contributed by atoms with Crippen molar-refractivity contribution in [3.05, 3.63) is 35.4 Å². The van der Waals surface area contributed by atoms with Crippen molar-refractivity contribution >= 4 is 17.5 Å². The van der Waals surface area contributed by atoms with Crippen molar-refractivity contribution in [1.29, 1.82) is 0 Å². The molecular weight excluding hydrogens is 328 g/mol. The summed E-state index contributed by atoms with van der Waals surface area (Å²) in [7, 11) is 0. The number of cyclic esters (lactones) is 1. The number of ketones is 2. The van der Waals surface area contributed by atoms with E-state index in [0.717, 1.165) is 5.56 Å². The largest absolute Gasteiger partial charge is 0.453 e. The van der Waals surface area contributed by atoms with Crippen molar-refractivity contribution in [3.63, 3.8) is 0 Å². The molecule has 3 atom stereocenters. The molecule has 142 valence electrons. The molecule has 1 fully saturated rings. The molecule has 1 saturated heterocycles. The van der Waals surface area contributed by atoms with Gasteiger partial charge in [0.15, 0.2) is 23.6 Å². The first kappa shape index (κ1) is 20.3. The van der Waals surface area contributed by atoms with Gasteiger partial charge in [0, 0.05) is 5.92 Å². The molecule has 4 nitrogen and oxygen atoms in total. The lowest BCUT2D eigenvalue weighted by Gasteiger charge is -2.19. The van der Waals surface area contributed by atoms with E-state index in [1.54, 1.807) is 6.92 Å². The van der Waals surface area contributed by atoms with Crippen LogP contribution in [0.15, 0.2) is 24.3 Å². The molecule has 0 radical (unpaired) electrons. The number of Topliss-reactive ketones (excluding diaryl/α,β-unsaturated/α-hetero) is 2. The zero-order valence-corrected chi connectivity index (χ0v) is 16.7. The maximum atomic E-state index is 12.7. The van der Waals surface area contributed by atoms with Crippen LogP contribution in [0, 0.1) is 17.8 Å². The molecule has 26 heavy (non-hydrogen) atoms. The van der Waals surface area contributed by atoms with E-state index in [1.807, 2.05) is 26.0 Å². The Morgan fingerprint density at radius 3 is 2.15 bits per heavy atom. The van der Waals surface area contributed by atoms with Gasteiger partial charge in [0.2, 0.25) is 0 Å². The van der Waals surface area contributed by atoms with Crippen LogP contribution >= 0.6 is 0 Å². The van der Waals surface area contributed by atoms with Gasteiger partial charge in [0.25, 0.3) is 0 Å². The van der Waals surface area contributed by atoms with Crippen LogP contribution in [0.2, 0.25) is 0 Å². The second-order valence-corrected chi connectivity index (χ2v) is 8.84. The van der Waals surface area contributed by atoms with Gasteiger partial charge in [0.1, 0.15) is 0 Å². The Morgan fingerprint density at radius 2 is 1.65 bits per heavy atom. The zero-order valence-electron chi connectivity index (χ0n) is 16.7. The van der Waals surface area contributed by atoms with Gasteiger partial charge in [-0.25, -0.2) is 0 Å². The molecule has 1 aliphatic rings. The summed E-state index contributed by atoms with van der Waals surface area (Å²) in [5.41, 5.74) is 2.33. The standard InChI is InChI=1S/C22H30O4/c1-13(2)11-17-20(24)18(21(25)26-17)19(23)14(3)12-15-7-9-16(10-8-15)22(4,5)6/h7-10,13-14,17-18H,11-12H2,1-6H3. The fourth-order valence-corrected chi connectivity index (χ4v) is 3.30. The smallest absolute Gasteiger partial charge is 0.325 e. The Kier molecular flexibility index (Phi) is 6.05. The van der Waals surface area contributed by atoms with Gasteiger partial charge in [0.05, 0.1) is 0 Å². The van der Waals surface area contributed by atoms with Crippen LogP contribution in [0.4, 0.5) is 0 Å². The summed E-state index contributed by atoms with van der Waals surface area (Å²) in [5.74, 6) is -2.81. The molecule has 1 aromatic rings. The summed E-state index contributed by atoms with van der Waals surface area (Å²) in [6, 6.07) is 8.17. The highest BCUT2D eigenvalue weighted by atomic mass is 16.6. The minimum Gasteiger partial charge on any atom is -0.453 e. The van der Waals surface area contributed by atoms with E-state index in [1.165, 1.54) is 5.56 Å². The van der Waals surface area contributed by atoms with Gasteiger partial charge in [-0.05, 0) is 35.3 Å². The predicted octanol–water partition coefficient (Wildman–Crippen LogP) is 3.89. The predicted molar refractivity (Wildman–Crippen MR) is 101 cm³/mol. The highest BCUT2D eigenvalue weighted by molar-refractivity contribution is 6.22. The number of carbonyl (C=O) groups is 3. The first-order chi connectivity index (χ1) is 12.0. The normalized spacial score (nSPS) is 21.8. The highest BCUT2D eigenvalue weighted by Crippen LogP contribution is 2.27. The molecule has 0 aromatic heterocycles. The molecule has 3 unspecified atom stereocenters. The van der Waals surface area contributed by atoms with E-state index in [4.69, 9.17) is 4.74 Å². The van der Waals surface area contributed by atoms with Gasteiger partial charge < -0.3 is 4.74 Å². The van der Waals surface area contributed by atoms with Gasteiger partial charge in [-0.1, -0.05) is 65.8 Å². The SMILES string of the molecule is CC(C)CC1OC(=O)C(C(=O)C(C)Cc2ccc(C(C)(C)C)cc2)C1=O. The van der Waals surface area contributed by atoms with E-state index >= 15 is 0 Å². The molecule has 0 N–H and O–H groups in total. The molecule has 1 aliphatic heterocycles. The van der Waals surface area contributed by atoms with Crippen LogP contribution in [0.1, 0.15) is 59.1 Å². The lowest BCUT2D eigenvalue weighted by Crippen LogP contribution is -2.33. The molecule has 1 heterocycles. The molecule has 0 amide bonds. The molecular formula is C22H30O4. The lowest BCUT2D eigenvalue weighted by molar-refractivity contribution is -0.147. The second kappa shape index (κ2) is 7.73. The van der Waals surface area contributed by atoms with Crippen molar-refractivity contribution in [2.24, 2.45) is 17.8 Å². The third kappa shape index (κ3) is 4.60. The summed E-state index contributed by atoms with van der Waals surface area (Å²) in [6.07, 6.45) is 0.210. The van der Waals surface area contributed by atoms with Gasteiger partial charge in [-0.3, -0.25) is 14.4 Å². The first-order valence-corrected chi connectivity index (χ1v) is 9.38. The molecule has 0 bridgehead atoms. The topological polar surface area (TPSA) is 60.4 Å². The average molecular weight is 358 g/mol. The molecule has 0 aliphatic carbocycles. The summed E-state index contributed by atoms with van der Waals surface area (Å²) in [6.45, 7) is 12.1. The lowest BCUT2D eigenvalue weighted by atomic mass is 9.84. The van der Waals surface area contributed by atoms with E-state index in [2.05, 4.69) is 32.9 Å². The van der Waals surface area contributed by atoms with Crippen molar-refractivity contribution < 1.29 is 19.1 Å². The van der Waals surface area contributed by atoms with Gasteiger partial charge in [-0.15, -0.1) is 0 Å². The number of hydrogen-bond acceptors (Lipinski definition) is 4. The Hall–Kier alpha value is -1.97. The quantitative estimate of drug-likeness (QED) is 0.572. The maximum absolute atomic E-state index is 12.7. The van der Waals surface area contributed by atoms with Crippen LogP contribution in [0.25, 0.3) is 0 Å². The Bertz CT molecular complexity index is 679. The Morgan fingerprint density at radius 1 is 1.08 bits per heavy atom. The summed E-state index contributed by atoms with van der Waals surface area (Å²) in [4.78, 5) is 37.2. The number of rotatable bonds is 6. The van der Waals surface area contributed by atoms with Crippen molar-refractivity contribution in [2.45, 2.75) is 65.9 Å². The Balaban J connectivity index is 2.05. The minimum absolute atomic E-state index is 0.0748. The fourth-order valence-electron chi connectivity index (χ4n) is 3.30. The molecule has 1 aromatic carbocycles. The molecule has 4 heteroatoms. The molecule has 0 saturated carbocycles. The zero-order chi connectivity index (χ0) is 19.6. The monoisotopic (exact) mass is 358 g/mol. The van der Waals surface area contributed by atoms with Crippen LogP contribution in [0.3, 0.4) is 0 Å². The summed E-state index contributed by atoms with van der Waals surface area (Å²) < 4.78 is 5.16. The van der Waals surface area contributed by atoms with Crippen molar-refractivity contribution in [1.82, 2.24) is 0 Å². The van der Waals surface area contributed by atoms with Crippen molar-refractivity contribution in [3.8, 4) is 0 Å². The Labute approximate surface area is 156 Å². The number of hydrogen-bond donors (Lipinski definition) is 0. The fraction of sp³-hybridized carbons (Fsp3) is 0.591. The van der Waals surface area contributed by atoms with Gasteiger partial charge >= 0.3 is 5.97 Å². The van der Waals surface area contributed by atoms with E-state index in [9.17, 15) is 14.4 Å². The van der Waals surface area contributed by atoms with Crippen LogP contribution in [-0.4, -0.2) is 23.6 Å². The van der Waals surface area contributed by atoms with Crippen molar-refractivity contribution in [2.75, 3.05) is 0 Å². The molecule has 2 rings (SSSR count). The third-order valence-corrected chi connectivity index (χ3v) is 4.91. The number of benzene rings is 1. The molecule has 0 spiro atoms. The minimum atomic E-state index is -1.25. The highest BCUT2D eigenvalue weighted by Gasteiger charge is 2.48. The third-order valence-electron chi connectivity index (χ3n) is 4.91. The summed E-state index contributed by atoms with van der Waals surface area (Å²) >= 11 is 0. The van der Waals surface area contributed by atoms with Crippen LogP contribution in [-0.2, 0) is 31.0 Å². The van der Waals surface area contributed by atoms with E-state index in [0.29, 0.717) is 12.8 Å². The van der Waals surface area contributed by atoms with Crippen LogP contribution in [0.5, 0.6) is 0 Å². The summed E-state index contributed by atoms with van der Waals surface area (Å²) in [5, 5.41) is 0. The van der Waals surface area contributed by atoms with E-state index < -0.39 is 23.9 Å². The van der Waals surface area contributed by atoms with E-state index in [-0.39, 0.29) is 22.9 Å². The van der Waals surface area contributed by atoms with Gasteiger partial charge in [-0.2, -0.15) is 0 Å².